The molecule has 4 heteroatoms. The summed E-state index contributed by atoms with van der Waals surface area (Å²) in [4.78, 5) is 14.5. The summed E-state index contributed by atoms with van der Waals surface area (Å²) in [5, 5.41) is 9.44. The summed E-state index contributed by atoms with van der Waals surface area (Å²) >= 11 is 0. The molecule has 1 aromatic carbocycles. The lowest BCUT2D eigenvalue weighted by atomic mass is 10.1. The van der Waals surface area contributed by atoms with Crippen molar-refractivity contribution in [1.29, 1.82) is 0 Å². The minimum atomic E-state index is -0.105. The Labute approximate surface area is 105 Å². The summed E-state index contributed by atoms with van der Waals surface area (Å²) in [5.41, 5.74) is 1.32. The van der Waals surface area contributed by atoms with Gasteiger partial charge in [-0.15, -0.1) is 0 Å². The molecule has 0 aliphatic rings. The minimum Gasteiger partial charge on any atom is -0.504 e. The molecule has 0 spiro atoms. The van der Waals surface area contributed by atoms with Crippen LogP contribution in [0, 0.1) is 0 Å². The lowest BCUT2D eigenvalue weighted by molar-refractivity contribution is 0.104. The zero-order valence-corrected chi connectivity index (χ0v) is 9.88. The normalized spacial score (nSPS) is 10.7. The van der Waals surface area contributed by atoms with Gasteiger partial charge >= 0.3 is 0 Å². The molecule has 0 radical (unpaired) electrons. The third kappa shape index (κ3) is 2.60. The number of carbonyl (C=O) groups excluding carboxylic acids is 1. The Morgan fingerprint density at radius 2 is 2.22 bits per heavy atom. The van der Waals surface area contributed by atoms with Gasteiger partial charge in [-0.25, -0.2) is 0 Å². The number of hydrogen-bond donors (Lipinski definition) is 2. The van der Waals surface area contributed by atoms with E-state index in [1.807, 2.05) is 0 Å². The van der Waals surface area contributed by atoms with Crippen LogP contribution in [0.15, 0.2) is 42.6 Å². The number of ether oxygens (including phenoxy) is 1. The number of phenols is 1. The second kappa shape index (κ2) is 5.23. The maximum Gasteiger partial charge on any atom is 0.201 e. The molecule has 2 aromatic rings. The lowest BCUT2D eigenvalue weighted by Gasteiger charge is -2.03. The molecule has 2 N–H and O–H groups in total. The molecule has 0 unspecified atom stereocenters. The number of H-pyrrole nitrogens is 1. The third-order valence-corrected chi connectivity index (χ3v) is 2.49. The molecule has 92 valence electrons. The fourth-order valence-corrected chi connectivity index (χ4v) is 1.54. The molecule has 1 heterocycles. The molecular weight excluding hydrogens is 230 g/mol. The van der Waals surface area contributed by atoms with Crippen LogP contribution in [0.3, 0.4) is 0 Å². The zero-order chi connectivity index (χ0) is 13.0. The van der Waals surface area contributed by atoms with Crippen LogP contribution >= 0.6 is 0 Å². The van der Waals surface area contributed by atoms with E-state index in [-0.39, 0.29) is 11.5 Å². The first kappa shape index (κ1) is 12.0. The second-order valence-corrected chi connectivity index (χ2v) is 3.71. The molecule has 0 atom stereocenters. The molecular formula is C14H13NO3. The predicted octanol–water partition coefficient (Wildman–Crippen LogP) is 2.63. The average molecular weight is 243 g/mol. The monoisotopic (exact) mass is 243 g/mol. The first-order chi connectivity index (χ1) is 8.70. The lowest BCUT2D eigenvalue weighted by Crippen LogP contribution is -1.93. The number of benzene rings is 1. The van der Waals surface area contributed by atoms with Gasteiger partial charge < -0.3 is 14.8 Å². The number of aromatic amines is 1. The molecule has 0 fully saturated rings. The fourth-order valence-electron chi connectivity index (χ4n) is 1.54. The van der Waals surface area contributed by atoms with Crippen molar-refractivity contribution in [3.8, 4) is 11.5 Å². The van der Waals surface area contributed by atoms with Gasteiger partial charge in [0.2, 0.25) is 5.78 Å². The van der Waals surface area contributed by atoms with Crippen LogP contribution < -0.4 is 4.74 Å². The van der Waals surface area contributed by atoms with Gasteiger partial charge in [0.25, 0.3) is 0 Å². The van der Waals surface area contributed by atoms with Crippen molar-refractivity contribution in [3.05, 3.63) is 53.9 Å². The zero-order valence-electron chi connectivity index (χ0n) is 9.88. The van der Waals surface area contributed by atoms with E-state index in [2.05, 4.69) is 4.98 Å². The Morgan fingerprint density at radius 3 is 2.89 bits per heavy atom. The highest BCUT2D eigenvalue weighted by Crippen LogP contribution is 2.26. The Balaban J connectivity index is 2.16. The summed E-state index contributed by atoms with van der Waals surface area (Å²) in [6, 6.07) is 8.37. The number of rotatable bonds is 4. The van der Waals surface area contributed by atoms with Crippen molar-refractivity contribution in [2.75, 3.05) is 7.11 Å². The van der Waals surface area contributed by atoms with Gasteiger partial charge in [-0.2, -0.15) is 0 Å². The Bertz CT molecular complexity index is 571. The highest BCUT2D eigenvalue weighted by atomic mass is 16.5. The third-order valence-electron chi connectivity index (χ3n) is 2.49. The molecule has 1 aromatic heterocycles. The molecule has 0 aliphatic heterocycles. The van der Waals surface area contributed by atoms with Crippen LogP contribution in [0.4, 0.5) is 0 Å². The summed E-state index contributed by atoms with van der Waals surface area (Å²) in [7, 11) is 1.48. The summed E-state index contributed by atoms with van der Waals surface area (Å²) in [5.74, 6) is 0.349. The number of methoxy groups -OCH3 is 1. The second-order valence-electron chi connectivity index (χ2n) is 3.71. The maximum atomic E-state index is 11.7. The van der Waals surface area contributed by atoms with Gasteiger partial charge in [-0.1, -0.05) is 12.1 Å². The molecule has 0 saturated heterocycles. The number of ketones is 1. The van der Waals surface area contributed by atoms with Crippen molar-refractivity contribution < 1.29 is 14.6 Å². The molecule has 4 nitrogen and oxygen atoms in total. The van der Waals surface area contributed by atoms with Gasteiger partial charge in [0.15, 0.2) is 11.5 Å². The van der Waals surface area contributed by atoms with Crippen LogP contribution in [0.1, 0.15) is 16.1 Å². The topological polar surface area (TPSA) is 62.3 Å². The SMILES string of the molecule is COc1cc(/C=C/C(=O)c2ccc[nH]2)ccc1O. The van der Waals surface area contributed by atoms with Crippen molar-refractivity contribution in [1.82, 2.24) is 4.98 Å². The van der Waals surface area contributed by atoms with Crippen LogP contribution in [-0.4, -0.2) is 23.0 Å². The molecule has 0 amide bonds. The van der Waals surface area contributed by atoms with Crippen molar-refractivity contribution in [2.45, 2.75) is 0 Å². The number of aromatic nitrogens is 1. The summed E-state index contributed by atoms with van der Waals surface area (Å²) in [6.45, 7) is 0. The van der Waals surface area contributed by atoms with Gasteiger partial charge in [0, 0.05) is 6.20 Å². The van der Waals surface area contributed by atoms with E-state index in [1.165, 1.54) is 19.3 Å². The highest BCUT2D eigenvalue weighted by molar-refractivity contribution is 6.05. The first-order valence-electron chi connectivity index (χ1n) is 5.43. The van der Waals surface area contributed by atoms with E-state index < -0.39 is 0 Å². The molecule has 0 bridgehead atoms. The van der Waals surface area contributed by atoms with Gasteiger partial charge in [0.1, 0.15) is 0 Å². The largest absolute Gasteiger partial charge is 0.504 e. The Morgan fingerprint density at radius 1 is 1.39 bits per heavy atom. The van der Waals surface area contributed by atoms with Gasteiger partial charge in [-0.05, 0) is 35.9 Å². The molecule has 0 saturated carbocycles. The maximum absolute atomic E-state index is 11.7. The first-order valence-corrected chi connectivity index (χ1v) is 5.43. The van der Waals surface area contributed by atoms with E-state index >= 15 is 0 Å². The van der Waals surface area contributed by atoms with E-state index in [9.17, 15) is 9.90 Å². The molecule has 0 aliphatic carbocycles. The van der Waals surface area contributed by atoms with Crippen molar-refractivity contribution >= 4 is 11.9 Å². The molecule has 2 rings (SSSR count). The number of carbonyl (C=O) groups is 1. The smallest absolute Gasteiger partial charge is 0.201 e. The van der Waals surface area contributed by atoms with E-state index in [1.54, 1.807) is 36.5 Å². The number of aromatic hydroxyl groups is 1. The number of allylic oxidation sites excluding steroid dienone is 1. The van der Waals surface area contributed by atoms with Crippen LogP contribution in [0.5, 0.6) is 11.5 Å². The number of phenolic OH excluding ortho intramolecular Hbond substituents is 1. The standard InChI is InChI=1S/C14H13NO3/c1-18-14-9-10(5-7-13(14)17)4-6-12(16)11-3-2-8-15-11/h2-9,15,17H,1H3/b6-4+. The van der Waals surface area contributed by atoms with Crippen LogP contribution in [0.25, 0.3) is 6.08 Å². The van der Waals surface area contributed by atoms with E-state index in [0.717, 1.165) is 5.56 Å². The van der Waals surface area contributed by atoms with Gasteiger partial charge in [0.05, 0.1) is 12.8 Å². The van der Waals surface area contributed by atoms with E-state index in [0.29, 0.717) is 11.4 Å². The summed E-state index contributed by atoms with van der Waals surface area (Å²) in [6.07, 6.45) is 4.84. The molecule has 18 heavy (non-hydrogen) atoms. The number of nitrogens with one attached hydrogen (secondary N) is 1. The van der Waals surface area contributed by atoms with Crippen molar-refractivity contribution in [3.63, 3.8) is 0 Å². The quantitative estimate of drug-likeness (QED) is 0.641. The Kier molecular flexibility index (Phi) is 3.48. The number of hydrogen-bond acceptors (Lipinski definition) is 3. The fraction of sp³-hybridized carbons (Fsp3) is 0.0714. The summed E-state index contributed by atoms with van der Waals surface area (Å²) < 4.78 is 4.99. The van der Waals surface area contributed by atoms with E-state index in [4.69, 9.17) is 4.74 Å². The van der Waals surface area contributed by atoms with Gasteiger partial charge in [-0.3, -0.25) is 4.79 Å². The van der Waals surface area contributed by atoms with Crippen molar-refractivity contribution in [2.24, 2.45) is 0 Å². The minimum absolute atomic E-state index is 0.0744. The Hall–Kier alpha value is -2.49. The highest BCUT2D eigenvalue weighted by Gasteiger charge is 2.03. The van der Waals surface area contributed by atoms with Crippen LogP contribution in [-0.2, 0) is 0 Å². The average Bonchev–Trinajstić information content (AvgIpc) is 2.91. The van der Waals surface area contributed by atoms with Crippen LogP contribution in [0.2, 0.25) is 0 Å². The predicted molar refractivity (Wildman–Crippen MR) is 68.8 cm³/mol.